The Hall–Kier alpha value is -0.780. The van der Waals surface area contributed by atoms with Gasteiger partial charge in [0, 0.05) is 12.5 Å². The van der Waals surface area contributed by atoms with Crippen LogP contribution in [0.3, 0.4) is 0 Å². The normalized spacial score (nSPS) is 25.8. The second-order valence-electron chi connectivity index (χ2n) is 4.19. The third-order valence-corrected chi connectivity index (χ3v) is 3.01. The predicted molar refractivity (Wildman–Crippen MR) is 53.6 cm³/mol. The van der Waals surface area contributed by atoms with Crippen molar-refractivity contribution in [2.24, 2.45) is 17.6 Å². The highest BCUT2D eigenvalue weighted by Gasteiger charge is 2.32. The highest BCUT2D eigenvalue weighted by Crippen LogP contribution is 2.31. The lowest BCUT2D eigenvalue weighted by molar-refractivity contribution is -0.136. The van der Waals surface area contributed by atoms with Crippen molar-refractivity contribution in [3.05, 3.63) is 0 Å². The summed E-state index contributed by atoms with van der Waals surface area (Å²) < 4.78 is 35.6. The van der Waals surface area contributed by atoms with E-state index in [2.05, 4.69) is 5.32 Å². The molecule has 0 saturated heterocycles. The van der Waals surface area contributed by atoms with Crippen LogP contribution < -0.4 is 11.1 Å². The average molecular weight is 238 g/mol. The summed E-state index contributed by atoms with van der Waals surface area (Å²) in [6.45, 7) is 0.0908. The fourth-order valence-corrected chi connectivity index (χ4v) is 2.12. The van der Waals surface area contributed by atoms with Crippen molar-refractivity contribution >= 4 is 5.91 Å². The first kappa shape index (κ1) is 13.3. The van der Waals surface area contributed by atoms with Gasteiger partial charge < -0.3 is 11.1 Å². The standard InChI is InChI=1S/C10H17F3N2O/c11-10(12,13)4-5-15-9(16)8-3-1-2-7(8)6-14/h7-8H,1-6,14H2,(H,15,16)/t7-,8-/m1/s1. The van der Waals surface area contributed by atoms with Crippen LogP contribution in [0.5, 0.6) is 0 Å². The molecule has 2 atom stereocenters. The highest BCUT2D eigenvalue weighted by molar-refractivity contribution is 5.79. The minimum Gasteiger partial charge on any atom is -0.356 e. The summed E-state index contributed by atoms with van der Waals surface area (Å²) in [5.74, 6) is -0.346. The maximum absolute atomic E-state index is 11.9. The molecular formula is C10H17F3N2O. The van der Waals surface area contributed by atoms with Crippen molar-refractivity contribution in [2.75, 3.05) is 13.1 Å². The Balaban J connectivity index is 2.29. The van der Waals surface area contributed by atoms with E-state index in [4.69, 9.17) is 5.73 Å². The lowest BCUT2D eigenvalue weighted by Crippen LogP contribution is -2.36. The molecule has 3 nitrogen and oxygen atoms in total. The van der Waals surface area contributed by atoms with Gasteiger partial charge in [-0.1, -0.05) is 6.42 Å². The number of amides is 1. The van der Waals surface area contributed by atoms with Crippen LogP contribution in [0.1, 0.15) is 25.7 Å². The maximum Gasteiger partial charge on any atom is 0.390 e. The monoisotopic (exact) mass is 238 g/mol. The fourth-order valence-electron chi connectivity index (χ4n) is 2.12. The van der Waals surface area contributed by atoms with Crippen LogP contribution >= 0.6 is 0 Å². The summed E-state index contributed by atoms with van der Waals surface area (Å²) in [4.78, 5) is 11.6. The molecule has 94 valence electrons. The molecule has 1 fully saturated rings. The number of halogens is 3. The van der Waals surface area contributed by atoms with E-state index >= 15 is 0 Å². The third kappa shape index (κ3) is 4.00. The van der Waals surface area contributed by atoms with E-state index in [0.717, 1.165) is 19.3 Å². The molecule has 0 radical (unpaired) electrons. The van der Waals surface area contributed by atoms with E-state index in [9.17, 15) is 18.0 Å². The van der Waals surface area contributed by atoms with E-state index in [0.29, 0.717) is 6.54 Å². The zero-order valence-corrected chi connectivity index (χ0v) is 9.02. The Bertz CT molecular complexity index is 243. The van der Waals surface area contributed by atoms with Gasteiger partial charge in [-0.15, -0.1) is 0 Å². The minimum absolute atomic E-state index is 0.130. The Morgan fingerprint density at radius 2 is 2.06 bits per heavy atom. The van der Waals surface area contributed by atoms with Crippen molar-refractivity contribution in [3.63, 3.8) is 0 Å². The van der Waals surface area contributed by atoms with Gasteiger partial charge in [-0.25, -0.2) is 0 Å². The molecule has 6 heteroatoms. The van der Waals surface area contributed by atoms with Crippen LogP contribution in [0, 0.1) is 11.8 Å². The fraction of sp³-hybridized carbons (Fsp3) is 0.900. The van der Waals surface area contributed by atoms with Crippen molar-refractivity contribution in [1.82, 2.24) is 5.32 Å². The number of carbonyl (C=O) groups is 1. The Labute approximate surface area is 92.6 Å². The number of alkyl halides is 3. The first-order valence-corrected chi connectivity index (χ1v) is 5.48. The van der Waals surface area contributed by atoms with E-state index in [1.807, 2.05) is 0 Å². The molecule has 1 amide bonds. The van der Waals surface area contributed by atoms with E-state index < -0.39 is 12.6 Å². The highest BCUT2D eigenvalue weighted by atomic mass is 19.4. The van der Waals surface area contributed by atoms with Crippen molar-refractivity contribution in [1.29, 1.82) is 0 Å². The van der Waals surface area contributed by atoms with E-state index in [1.54, 1.807) is 0 Å². The largest absolute Gasteiger partial charge is 0.390 e. The molecule has 0 aromatic heterocycles. The summed E-state index contributed by atoms with van der Waals surface area (Å²) in [5, 5.41) is 2.33. The second kappa shape index (κ2) is 5.52. The van der Waals surface area contributed by atoms with Crippen LogP contribution in [0.4, 0.5) is 13.2 Å². The summed E-state index contributed by atoms with van der Waals surface area (Å²) >= 11 is 0. The number of carbonyl (C=O) groups excluding carboxylic acids is 1. The van der Waals surface area contributed by atoms with Crippen LogP contribution in [-0.2, 0) is 4.79 Å². The molecule has 1 aliphatic rings. The van der Waals surface area contributed by atoms with Crippen LogP contribution in [-0.4, -0.2) is 25.2 Å². The first-order valence-electron chi connectivity index (χ1n) is 5.48. The molecule has 1 saturated carbocycles. The molecule has 0 aromatic carbocycles. The maximum atomic E-state index is 11.9. The summed E-state index contributed by atoms with van der Waals surface area (Å²) in [6, 6.07) is 0. The van der Waals surface area contributed by atoms with Gasteiger partial charge in [0.05, 0.1) is 6.42 Å². The molecule has 1 aliphatic carbocycles. The van der Waals surface area contributed by atoms with Gasteiger partial charge in [-0.3, -0.25) is 4.79 Å². The summed E-state index contributed by atoms with van der Waals surface area (Å²) in [6.07, 6.45) is -2.62. The molecule has 0 spiro atoms. The number of rotatable bonds is 4. The van der Waals surface area contributed by atoms with Gasteiger partial charge in [0.15, 0.2) is 0 Å². The number of nitrogens with one attached hydrogen (secondary N) is 1. The minimum atomic E-state index is -4.21. The molecule has 0 bridgehead atoms. The zero-order valence-electron chi connectivity index (χ0n) is 9.02. The second-order valence-corrected chi connectivity index (χ2v) is 4.19. The lowest BCUT2D eigenvalue weighted by atomic mass is 9.95. The number of nitrogens with two attached hydrogens (primary N) is 1. The lowest BCUT2D eigenvalue weighted by Gasteiger charge is -2.17. The van der Waals surface area contributed by atoms with Crippen molar-refractivity contribution in [3.8, 4) is 0 Å². The SMILES string of the molecule is NC[C@H]1CCC[C@H]1C(=O)NCCC(F)(F)F. The van der Waals surface area contributed by atoms with Gasteiger partial charge in [-0.2, -0.15) is 13.2 Å². The molecule has 0 aliphatic heterocycles. The summed E-state index contributed by atoms with van der Waals surface area (Å²) in [5.41, 5.74) is 5.50. The summed E-state index contributed by atoms with van der Waals surface area (Å²) in [7, 11) is 0. The van der Waals surface area contributed by atoms with Crippen molar-refractivity contribution < 1.29 is 18.0 Å². The van der Waals surface area contributed by atoms with Gasteiger partial charge in [-0.05, 0) is 25.3 Å². The molecular weight excluding hydrogens is 221 g/mol. The smallest absolute Gasteiger partial charge is 0.356 e. The van der Waals surface area contributed by atoms with Gasteiger partial charge in [0.1, 0.15) is 0 Å². The van der Waals surface area contributed by atoms with Crippen LogP contribution in [0.15, 0.2) is 0 Å². The van der Waals surface area contributed by atoms with Crippen LogP contribution in [0.25, 0.3) is 0 Å². The number of hydrogen-bond acceptors (Lipinski definition) is 2. The topological polar surface area (TPSA) is 55.1 Å². The molecule has 0 unspecified atom stereocenters. The molecule has 0 heterocycles. The molecule has 3 N–H and O–H groups in total. The van der Waals surface area contributed by atoms with E-state index in [1.165, 1.54) is 0 Å². The first-order chi connectivity index (χ1) is 7.44. The molecule has 16 heavy (non-hydrogen) atoms. The number of hydrogen-bond donors (Lipinski definition) is 2. The van der Waals surface area contributed by atoms with Crippen molar-refractivity contribution in [2.45, 2.75) is 31.9 Å². The average Bonchev–Trinajstić information content (AvgIpc) is 2.63. The van der Waals surface area contributed by atoms with E-state index in [-0.39, 0.29) is 24.3 Å². The zero-order chi connectivity index (χ0) is 12.2. The van der Waals surface area contributed by atoms with Gasteiger partial charge in [0.25, 0.3) is 0 Å². The Kier molecular flexibility index (Phi) is 4.58. The molecule has 1 rings (SSSR count). The third-order valence-electron chi connectivity index (χ3n) is 3.01. The molecule has 0 aromatic rings. The van der Waals surface area contributed by atoms with Gasteiger partial charge >= 0.3 is 6.18 Å². The quantitative estimate of drug-likeness (QED) is 0.778. The Morgan fingerprint density at radius 3 is 2.62 bits per heavy atom. The van der Waals surface area contributed by atoms with Crippen LogP contribution in [0.2, 0.25) is 0 Å². The van der Waals surface area contributed by atoms with Gasteiger partial charge in [0.2, 0.25) is 5.91 Å². The Morgan fingerprint density at radius 1 is 1.38 bits per heavy atom. The predicted octanol–water partition coefficient (Wildman–Crippen LogP) is 1.43.